The van der Waals surface area contributed by atoms with Crippen molar-refractivity contribution in [2.24, 2.45) is 5.89 Å². The predicted octanol–water partition coefficient (Wildman–Crippen LogP) is 15.2. The lowest BCUT2D eigenvalue weighted by Gasteiger charge is -2.33. The second-order valence-electron chi connectivity index (χ2n) is 20.6. The quantitative estimate of drug-likeness (QED) is 0.0295. The summed E-state index contributed by atoms with van der Waals surface area (Å²) in [5.41, 5.74) is -10.2. The highest BCUT2D eigenvalue weighted by molar-refractivity contribution is 7.98. The van der Waals surface area contributed by atoms with Gasteiger partial charge in [0, 0.05) is 84.5 Å². The number of amides is 2. The SMILES string of the molecule is [2H]C([2H])(C)N(CCN(C(=O)C([2H])([2H])n1c(SCc2ccc(F)cc2)nc(=O)c2c1CCC2)C([2H])(C)c1ccc(-c2ccc(C(F)(F)F)cc2)cc1)C([2H])([2H])C.[2H]c1c([2H])c(CSc2nc(=O)c3c(n2C([2H])([2H])C(=O)N(CCN(C([2H])([2H])C)C([2H])([2H])C)C([2H])([2H])c2c([2H])c([2H])c(-c4c([2H])c([2H])c(C(F)(F)F)c([2H])c4[2H])c([2H])c2[2H])C([2H])([2H])C([2H])(C)C3([2H])[2H])c([2H])c([2H])c1F. The third-order valence-electron chi connectivity index (χ3n) is 14.4. The van der Waals surface area contributed by atoms with Crippen LogP contribution in [0.3, 0.4) is 0 Å². The summed E-state index contributed by atoms with van der Waals surface area (Å²) in [7, 11) is 0. The number of aromatic nitrogens is 4. The Balaban J connectivity index is 0.000000300. The van der Waals surface area contributed by atoms with Gasteiger partial charge in [0.15, 0.2) is 10.3 Å². The van der Waals surface area contributed by atoms with Gasteiger partial charge in [0.25, 0.3) is 11.1 Å². The Labute approximate surface area is 608 Å². The van der Waals surface area contributed by atoms with E-state index < -0.39 is 271 Å². The van der Waals surface area contributed by atoms with E-state index in [9.17, 15) is 59.1 Å². The zero-order chi connectivity index (χ0) is 97.3. The molecular formula is C74H80F8N8O4S2. The van der Waals surface area contributed by atoms with E-state index in [2.05, 4.69) is 9.97 Å². The normalized spacial score (nSPS) is 22.0. The molecule has 2 amide bonds. The zero-order valence-electron chi connectivity index (χ0n) is 83.8. The van der Waals surface area contributed by atoms with Crippen molar-refractivity contribution in [3.63, 3.8) is 0 Å². The first kappa shape index (κ1) is 40.7. The smallest absolute Gasteiger partial charge is 0.336 e. The Morgan fingerprint density at radius 1 is 0.594 bits per heavy atom. The number of rotatable bonds is 26. The molecule has 2 atom stereocenters. The van der Waals surface area contributed by atoms with Gasteiger partial charge in [-0.05, 0) is 164 Å². The van der Waals surface area contributed by atoms with Gasteiger partial charge in [-0.15, -0.1) is 0 Å². The third-order valence-corrected chi connectivity index (χ3v) is 16.4. The van der Waals surface area contributed by atoms with Crippen molar-refractivity contribution in [3.8, 4) is 22.3 Å². The second-order valence-corrected chi connectivity index (χ2v) is 22.5. The first-order valence-corrected chi connectivity index (χ1v) is 31.0. The van der Waals surface area contributed by atoms with Crippen molar-refractivity contribution in [1.82, 2.24) is 38.7 Å². The van der Waals surface area contributed by atoms with Crippen molar-refractivity contribution in [2.45, 2.75) is 133 Å². The van der Waals surface area contributed by atoms with Crippen LogP contribution in [0.25, 0.3) is 22.3 Å². The van der Waals surface area contributed by atoms with Gasteiger partial charge in [0.1, 0.15) is 24.6 Å². The third kappa shape index (κ3) is 18.8. The molecule has 0 radical (unpaired) electrons. The summed E-state index contributed by atoms with van der Waals surface area (Å²) in [6, 6.07) is -2.89. The van der Waals surface area contributed by atoms with Gasteiger partial charge in [-0.2, -0.15) is 36.3 Å². The summed E-state index contributed by atoms with van der Waals surface area (Å²) in [6.07, 6.45) is -15.9. The van der Waals surface area contributed by atoms with Gasteiger partial charge >= 0.3 is 12.4 Å². The first-order valence-electron chi connectivity index (χ1n) is 45.0. The maximum atomic E-state index is 15.3. The van der Waals surface area contributed by atoms with Crippen molar-refractivity contribution in [1.29, 1.82) is 0 Å². The summed E-state index contributed by atoms with van der Waals surface area (Å²) in [5, 5.41) is -1.28. The fraction of sp³-hybridized carbons (Fsp3) is 0.378. The van der Waals surface area contributed by atoms with E-state index in [0.29, 0.717) is 41.4 Å². The van der Waals surface area contributed by atoms with Gasteiger partial charge in [-0.25, -0.2) is 8.78 Å². The van der Waals surface area contributed by atoms with Crippen molar-refractivity contribution in [2.75, 3.05) is 52.2 Å². The first-order chi connectivity index (χ1) is 58.1. The fourth-order valence-corrected chi connectivity index (χ4v) is 11.2. The lowest BCUT2D eigenvalue weighted by atomic mass is 9.99. The summed E-state index contributed by atoms with van der Waals surface area (Å²) >= 11 is 1.04. The predicted molar refractivity (Wildman–Crippen MR) is 362 cm³/mol. The summed E-state index contributed by atoms with van der Waals surface area (Å²) in [4.78, 5) is 66.7. The number of benzene rings is 6. The maximum Gasteiger partial charge on any atom is 0.416 e. The molecule has 0 N–H and O–H groups in total. The fourth-order valence-electron chi connectivity index (χ4n) is 9.46. The summed E-state index contributed by atoms with van der Waals surface area (Å²) in [6.45, 7) is -18.8. The van der Waals surface area contributed by atoms with E-state index in [0.717, 1.165) is 66.0 Å². The molecule has 2 aliphatic carbocycles. The monoisotopic (exact) mass is 1390 g/mol. The second kappa shape index (κ2) is 32.9. The Hall–Kier alpha value is -7.92. The zero-order valence-corrected chi connectivity index (χ0v) is 53.5. The van der Waals surface area contributed by atoms with Crippen LogP contribution in [-0.4, -0.2) is 103 Å². The van der Waals surface area contributed by atoms with E-state index in [1.165, 1.54) is 55.5 Å². The molecule has 8 aromatic rings. The molecule has 12 nitrogen and oxygen atoms in total. The molecule has 2 heterocycles. The minimum Gasteiger partial charge on any atom is -0.336 e. The lowest BCUT2D eigenvalue weighted by molar-refractivity contribution is -0.138. The molecule has 96 heavy (non-hydrogen) atoms. The van der Waals surface area contributed by atoms with E-state index in [1.54, 1.807) is 12.1 Å². The Morgan fingerprint density at radius 3 is 1.66 bits per heavy atom. The van der Waals surface area contributed by atoms with Crippen LogP contribution in [0, 0.1) is 17.5 Å². The molecule has 0 spiro atoms. The Morgan fingerprint density at radius 2 is 1.09 bits per heavy atom. The summed E-state index contributed by atoms with van der Waals surface area (Å²) < 4.78 is 387. The molecule has 0 bridgehead atoms. The number of nitrogens with zero attached hydrogens (tertiary/aromatic N) is 8. The van der Waals surface area contributed by atoms with Crippen molar-refractivity contribution >= 4 is 35.3 Å². The van der Waals surface area contributed by atoms with Crippen LogP contribution in [0.1, 0.15) is 154 Å². The number of halogens is 8. The molecule has 0 aliphatic heterocycles. The number of hydrogen-bond donors (Lipinski definition) is 0. The summed E-state index contributed by atoms with van der Waals surface area (Å²) in [5.74, 6) is -9.50. The van der Waals surface area contributed by atoms with Gasteiger partial charge < -0.3 is 28.7 Å². The average molecular weight is 1390 g/mol. The molecule has 2 unspecified atom stereocenters. The van der Waals surface area contributed by atoms with E-state index >= 15 is 4.79 Å². The van der Waals surface area contributed by atoms with Crippen LogP contribution in [0.2, 0.25) is 0 Å². The van der Waals surface area contributed by atoms with Gasteiger partial charge in [0.05, 0.1) is 43.2 Å². The molecule has 508 valence electrons. The number of fused-ring (bicyclic) bond motifs is 2. The molecule has 2 aliphatic rings. The number of carbonyl (C=O) groups is 2. The number of likely N-dealkylation sites (N-methyl/N-ethyl adjacent to an activating group) is 2. The van der Waals surface area contributed by atoms with Crippen LogP contribution < -0.4 is 11.1 Å². The number of thioether (sulfide) groups is 2. The molecule has 22 heteroatoms. The lowest BCUT2D eigenvalue weighted by Crippen LogP contribution is -2.42. The Bertz CT molecular complexity index is 5680. The van der Waals surface area contributed by atoms with Crippen molar-refractivity contribution in [3.05, 3.63) is 234 Å². The van der Waals surface area contributed by atoms with Crippen LogP contribution >= 0.6 is 23.5 Å². The van der Waals surface area contributed by atoms with Gasteiger partial charge in [-0.3, -0.25) is 19.2 Å². The highest BCUT2D eigenvalue weighted by Crippen LogP contribution is 2.35. The van der Waals surface area contributed by atoms with Crippen molar-refractivity contribution < 1.29 is 88.6 Å². The van der Waals surface area contributed by atoms with Crippen LogP contribution in [0.5, 0.6) is 0 Å². The topological polar surface area (TPSA) is 117 Å². The molecular weight excluding hydrogens is 1280 g/mol. The molecule has 0 saturated heterocycles. The Kier molecular flexibility index (Phi) is 13.9. The highest BCUT2D eigenvalue weighted by atomic mass is 32.2. The van der Waals surface area contributed by atoms with Gasteiger partial charge in [-0.1, -0.05) is 155 Å². The molecule has 0 fully saturated rings. The maximum absolute atomic E-state index is 15.3. The molecule has 0 saturated carbocycles. The minimum absolute atomic E-state index is 0.0637. The highest BCUT2D eigenvalue weighted by Gasteiger charge is 2.33. The molecule has 2 aromatic heterocycles. The van der Waals surface area contributed by atoms with Crippen LogP contribution in [-0.2, 0) is 78.5 Å². The number of alkyl halides is 6. The standard InChI is InChI=1S/2C37H40F4N4O2S/c1-4-43(5-2)18-19-44(22-26-6-10-28(11-7-26)29-12-14-30(15-13-29)37(39,40)41)34(46)23-45-33-21-25(3)20-32(33)35(47)42-36(45)48-24-27-8-16-31(38)17-9-27;1-4-43(5-2)21-22-44(25(3)27-11-13-28(14-12-27)29-15-17-30(18-16-29)37(39,40)41)34(46)23-45-33-8-6-7-32(33)35(47)42-36(45)48-24-26-9-19-31(38)20-10-26/h6-17,25H,4-5,18-24H2,1-3H3;9-20,25H,4-8,21-24H2,1-3H3/i4D2,5D2,6D,7D,8D,9D,10D,11D,12D,13D,14D,15D,16D,17D,20D2,21D2,22D2,23D2,25D;4D2,5D2,23D2,25D. The van der Waals surface area contributed by atoms with E-state index in [-0.39, 0.29) is 55.4 Å². The number of carbonyl (C=O) groups excluding carboxylic acids is 2. The molecule has 10 rings (SSSR count). The van der Waals surface area contributed by atoms with Crippen LogP contribution in [0.15, 0.2) is 165 Å². The number of hydrogen-bond acceptors (Lipinski definition) is 10. The minimum atomic E-state index is -5.48. The van der Waals surface area contributed by atoms with Gasteiger partial charge in [0.2, 0.25) is 11.8 Å². The van der Waals surface area contributed by atoms with Crippen LogP contribution in [0.4, 0.5) is 35.1 Å². The van der Waals surface area contributed by atoms with E-state index in [4.69, 9.17) is 34.3 Å². The largest absolute Gasteiger partial charge is 0.416 e. The average Bonchev–Trinajstić information content (AvgIpc) is 1.51. The van der Waals surface area contributed by atoms with E-state index in [1.807, 2.05) is 0 Å². The molecule has 6 aromatic carbocycles.